The number of hydrogen-bond acceptors (Lipinski definition) is 6. The normalized spacial score (nSPS) is 31.6. The maximum atomic E-state index is 12.4. The molecule has 1 saturated heterocycles. The highest BCUT2D eigenvalue weighted by Crippen LogP contribution is 2.57. The third-order valence-corrected chi connectivity index (χ3v) is 5.47. The van der Waals surface area contributed by atoms with E-state index in [2.05, 4.69) is 5.32 Å². The van der Waals surface area contributed by atoms with Gasteiger partial charge >= 0.3 is 11.9 Å². The zero-order valence-electron chi connectivity index (χ0n) is 13.8. The second kappa shape index (κ2) is 6.06. The van der Waals surface area contributed by atoms with Gasteiger partial charge in [0.1, 0.15) is 11.9 Å². The van der Waals surface area contributed by atoms with E-state index in [9.17, 15) is 14.4 Å². The summed E-state index contributed by atoms with van der Waals surface area (Å²) in [4.78, 5) is 36.3. The average Bonchev–Trinajstić information content (AvgIpc) is 3.22. The molecule has 1 aromatic rings. The van der Waals surface area contributed by atoms with Gasteiger partial charge in [0.05, 0.1) is 18.9 Å². The van der Waals surface area contributed by atoms with Gasteiger partial charge in [-0.2, -0.15) is 0 Å². The first-order valence-electron chi connectivity index (χ1n) is 8.38. The van der Waals surface area contributed by atoms with Crippen LogP contribution in [0.5, 0.6) is 5.75 Å². The van der Waals surface area contributed by atoms with E-state index in [1.807, 2.05) is 0 Å². The smallest absolute Gasteiger partial charge is 0.310 e. The van der Waals surface area contributed by atoms with Gasteiger partial charge in [0, 0.05) is 11.6 Å². The number of nitrogens with one attached hydrogen (secondary N) is 1. The van der Waals surface area contributed by atoms with Crippen LogP contribution < -0.4 is 10.1 Å². The molecular formula is C18H19NO6. The zero-order valence-corrected chi connectivity index (χ0v) is 13.8. The molecule has 1 N–H and O–H groups in total. The van der Waals surface area contributed by atoms with E-state index in [4.69, 9.17) is 14.2 Å². The van der Waals surface area contributed by atoms with Crippen molar-refractivity contribution in [3.63, 3.8) is 0 Å². The number of amides is 1. The maximum Gasteiger partial charge on any atom is 0.310 e. The average molecular weight is 345 g/mol. The number of fused-ring (bicyclic) bond motifs is 1. The summed E-state index contributed by atoms with van der Waals surface area (Å²) in [7, 11) is 1.56. The van der Waals surface area contributed by atoms with Gasteiger partial charge in [0.15, 0.2) is 6.61 Å². The summed E-state index contributed by atoms with van der Waals surface area (Å²) in [5.74, 6) is -1.09. The molecule has 0 spiro atoms. The third-order valence-electron chi connectivity index (χ3n) is 5.47. The van der Waals surface area contributed by atoms with E-state index in [0.717, 1.165) is 12.8 Å². The molecule has 7 heteroatoms. The summed E-state index contributed by atoms with van der Waals surface area (Å²) in [6.45, 7) is -0.371. The van der Waals surface area contributed by atoms with Gasteiger partial charge in [-0.1, -0.05) is 0 Å². The molecule has 1 amide bonds. The van der Waals surface area contributed by atoms with E-state index >= 15 is 0 Å². The van der Waals surface area contributed by atoms with E-state index < -0.39 is 17.8 Å². The van der Waals surface area contributed by atoms with Crippen molar-refractivity contribution in [3.05, 3.63) is 24.3 Å². The highest BCUT2D eigenvalue weighted by Gasteiger charge is 2.64. The lowest BCUT2D eigenvalue weighted by Gasteiger charge is -2.22. The van der Waals surface area contributed by atoms with Crippen LogP contribution >= 0.6 is 0 Å². The number of benzene rings is 1. The van der Waals surface area contributed by atoms with Crippen LogP contribution in [0.3, 0.4) is 0 Å². The number of anilines is 1. The fourth-order valence-electron chi connectivity index (χ4n) is 4.43. The fraction of sp³-hybridized carbons (Fsp3) is 0.500. The molecule has 5 atom stereocenters. The first-order valence-corrected chi connectivity index (χ1v) is 8.38. The van der Waals surface area contributed by atoms with Gasteiger partial charge in [-0.25, -0.2) is 0 Å². The summed E-state index contributed by atoms with van der Waals surface area (Å²) in [5, 5.41) is 2.65. The Morgan fingerprint density at radius 1 is 1.24 bits per heavy atom. The van der Waals surface area contributed by atoms with Crippen molar-refractivity contribution in [2.75, 3.05) is 19.0 Å². The van der Waals surface area contributed by atoms with Crippen LogP contribution in [0, 0.1) is 23.7 Å². The predicted molar refractivity (Wildman–Crippen MR) is 85.7 cm³/mol. The van der Waals surface area contributed by atoms with Crippen LogP contribution in [0.2, 0.25) is 0 Å². The second-order valence-electron chi connectivity index (χ2n) is 6.81. The van der Waals surface area contributed by atoms with Crippen molar-refractivity contribution in [1.82, 2.24) is 0 Å². The Bertz CT molecular complexity index is 713. The Hall–Kier alpha value is -2.57. The summed E-state index contributed by atoms with van der Waals surface area (Å²) in [6.07, 6.45) is 1.54. The Morgan fingerprint density at radius 2 is 2.00 bits per heavy atom. The maximum absolute atomic E-state index is 12.4. The minimum Gasteiger partial charge on any atom is -0.497 e. The highest BCUT2D eigenvalue weighted by atomic mass is 16.6. The van der Waals surface area contributed by atoms with Crippen molar-refractivity contribution in [2.45, 2.75) is 18.9 Å². The van der Waals surface area contributed by atoms with Gasteiger partial charge in [-0.3, -0.25) is 14.4 Å². The molecule has 0 radical (unpaired) electrons. The lowest BCUT2D eigenvalue weighted by atomic mass is 9.80. The van der Waals surface area contributed by atoms with Gasteiger partial charge < -0.3 is 19.5 Å². The monoisotopic (exact) mass is 345 g/mol. The Kier molecular flexibility index (Phi) is 3.86. The molecule has 2 saturated carbocycles. The van der Waals surface area contributed by atoms with Gasteiger partial charge in [-0.15, -0.1) is 0 Å². The molecule has 7 nitrogen and oxygen atoms in total. The number of carbonyl (C=O) groups is 3. The van der Waals surface area contributed by atoms with Gasteiger partial charge in [0.2, 0.25) is 0 Å². The molecule has 3 aliphatic rings. The van der Waals surface area contributed by atoms with E-state index in [0.29, 0.717) is 11.4 Å². The largest absolute Gasteiger partial charge is 0.497 e. The second-order valence-corrected chi connectivity index (χ2v) is 6.81. The Labute approximate surface area is 144 Å². The number of ether oxygens (including phenoxy) is 3. The number of hydrogen-bond donors (Lipinski definition) is 1. The van der Waals surface area contributed by atoms with Crippen molar-refractivity contribution in [2.24, 2.45) is 23.7 Å². The molecule has 0 aromatic heterocycles. The summed E-state index contributed by atoms with van der Waals surface area (Å²) >= 11 is 0. The number of methoxy groups -OCH3 is 1. The topological polar surface area (TPSA) is 90.9 Å². The molecule has 25 heavy (non-hydrogen) atoms. The van der Waals surface area contributed by atoms with Crippen molar-refractivity contribution in [1.29, 1.82) is 0 Å². The predicted octanol–water partition coefficient (Wildman–Crippen LogP) is 1.37. The van der Waals surface area contributed by atoms with Crippen LogP contribution in [0.1, 0.15) is 12.8 Å². The molecule has 0 unspecified atom stereocenters. The zero-order chi connectivity index (χ0) is 17.6. The van der Waals surface area contributed by atoms with E-state index in [1.54, 1.807) is 31.4 Å². The Balaban J connectivity index is 1.31. The van der Waals surface area contributed by atoms with Crippen molar-refractivity contribution >= 4 is 23.5 Å². The summed E-state index contributed by atoms with van der Waals surface area (Å²) in [6, 6.07) is 6.84. The van der Waals surface area contributed by atoms with Crippen LogP contribution in [-0.2, 0) is 23.9 Å². The minimum absolute atomic E-state index is 0.0232. The van der Waals surface area contributed by atoms with Crippen LogP contribution in [0.15, 0.2) is 24.3 Å². The lowest BCUT2D eigenvalue weighted by molar-refractivity contribution is -0.157. The lowest BCUT2D eigenvalue weighted by Crippen LogP contribution is -2.34. The molecule has 1 aliphatic heterocycles. The Morgan fingerprint density at radius 3 is 2.72 bits per heavy atom. The van der Waals surface area contributed by atoms with E-state index in [1.165, 1.54) is 0 Å². The third kappa shape index (κ3) is 2.73. The molecule has 2 aliphatic carbocycles. The van der Waals surface area contributed by atoms with Gasteiger partial charge in [-0.05, 0) is 43.0 Å². The standard InChI is InChI=1S/C18H19NO6/c1-23-11-4-2-10(3-5-11)19-14(20)8-24-17(21)15-9-6-12-13(7-9)25-18(22)16(12)15/h2-5,9,12-13,15-16H,6-8H2,1H3,(H,19,20)/t9-,12+,13-,15-,16-/m1/s1. The number of rotatable bonds is 5. The summed E-state index contributed by atoms with van der Waals surface area (Å²) in [5.41, 5.74) is 0.587. The summed E-state index contributed by atoms with van der Waals surface area (Å²) < 4.78 is 15.5. The first kappa shape index (κ1) is 15.9. The minimum atomic E-state index is -0.473. The quantitative estimate of drug-likeness (QED) is 0.811. The van der Waals surface area contributed by atoms with Crippen molar-refractivity contribution in [3.8, 4) is 5.75 Å². The highest BCUT2D eigenvalue weighted by molar-refractivity contribution is 5.93. The van der Waals surface area contributed by atoms with Crippen LogP contribution in [0.25, 0.3) is 0 Å². The SMILES string of the molecule is COc1ccc(NC(=O)COC(=O)[C@@H]2[C@@H]3C[C@@H]4[C@H]2C(=O)O[C@@H]4C3)cc1. The molecule has 4 rings (SSSR count). The van der Waals surface area contributed by atoms with E-state index in [-0.39, 0.29) is 36.4 Å². The molecule has 132 valence electrons. The molecule has 3 fully saturated rings. The first-order chi connectivity index (χ1) is 12.1. The van der Waals surface area contributed by atoms with Crippen LogP contribution in [-0.4, -0.2) is 37.7 Å². The molecule has 1 aromatic carbocycles. The van der Waals surface area contributed by atoms with Crippen molar-refractivity contribution < 1.29 is 28.6 Å². The molecular weight excluding hydrogens is 326 g/mol. The number of carbonyl (C=O) groups excluding carboxylic acids is 3. The van der Waals surface area contributed by atoms with Gasteiger partial charge in [0.25, 0.3) is 5.91 Å². The fourth-order valence-corrected chi connectivity index (χ4v) is 4.43. The molecule has 1 heterocycles. The van der Waals surface area contributed by atoms with Crippen LogP contribution in [0.4, 0.5) is 5.69 Å². The molecule has 2 bridgehead atoms. The number of esters is 2.